The van der Waals surface area contributed by atoms with E-state index in [2.05, 4.69) is 15.4 Å². The van der Waals surface area contributed by atoms with Crippen molar-refractivity contribution in [1.82, 2.24) is 10.0 Å². The Hall–Kier alpha value is -2.71. The van der Waals surface area contributed by atoms with Crippen molar-refractivity contribution in [3.8, 4) is 0 Å². The molecule has 0 unspecified atom stereocenters. The summed E-state index contributed by atoms with van der Waals surface area (Å²) in [6.07, 6.45) is 0. The van der Waals surface area contributed by atoms with Crippen LogP contribution in [0.4, 0.5) is 5.69 Å². The van der Waals surface area contributed by atoms with Crippen molar-refractivity contribution in [3.63, 3.8) is 0 Å². The molecule has 0 saturated heterocycles. The molecular formula is C18H21N3O4S. The number of anilines is 1. The summed E-state index contributed by atoms with van der Waals surface area (Å²) < 4.78 is 26.7. The van der Waals surface area contributed by atoms with Crippen molar-refractivity contribution >= 4 is 27.5 Å². The summed E-state index contributed by atoms with van der Waals surface area (Å²) in [7, 11) is -3.60. The zero-order chi connectivity index (χ0) is 19.2. The highest BCUT2D eigenvalue weighted by molar-refractivity contribution is 7.89. The molecule has 0 saturated carbocycles. The van der Waals surface area contributed by atoms with Crippen LogP contribution < -0.4 is 15.4 Å². The molecule has 0 radical (unpaired) electrons. The second-order valence-electron chi connectivity index (χ2n) is 5.73. The summed E-state index contributed by atoms with van der Waals surface area (Å²) in [5.41, 5.74) is 1.99. The number of carbonyl (C=O) groups is 2. The van der Waals surface area contributed by atoms with Crippen molar-refractivity contribution in [2.24, 2.45) is 0 Å². The summed E-state index contributed by atoms with van der Waals surface area (Å²) >= 11 is 0. The van der Waals surface area contributed by atoms with Gasteiger partial charge in [0.15, 0.2) is 0 Å². The van der Waals surface area contributed by atoms with E-state index in [4.69, 9.17) is 0 Å². The Balaban J connectivity index is 1.82. The monoisotopic (exact) mass is 375 g/mol. The summed E-state index contributed by atoms with van der Waals surface area (Å²) in [5.74, 6) is -0.517. The van der Waals surface area contributed by atoms with Gasteiger partial charge in [-0.05, 0) is 43.3 Å². The Bertz CT molecular complexity index is 876. The van der Waals surface area contributed by atoms with Gasteiger partial charge in [0.1, 0.15) is 0 Å². The van der Waals surface area contributed by atoms with Crippen LogP contribution in [0.2, 0.25) is 0 Å². The number of amides is 2. The van der Waals surface area contributed by atoms with Crippen LogP contribution in [0, 0.1) is 6.92 Å². The molecule has 26 heavy (non-hydrogen) atoms. The van der Waals surface area contributed by atoms with Crippen molar-refractivity contribution in [1.29, 1.82) is 0 Å². The van der Waals surface area contributed by atoms with Gasteiger partial charge in [-0.3, -0.25) is 9.59 Å². The van der Waals surface area contributed by atoms with Gasteiger partial charge in [-0.25, -0.2) is 13.1 Å². The van der Waals surface area contributed by atoms with Gasteiger partial charge in [0, 0.05) is 31.3 Å². The normalized spacial score (nSPS) is 11.0. The molecular weight excluding hydrogens is 354 g/mol. The lowest BCUT2D eigenvalue weighted by molar-refractivity contribution is -0.114. The highest BCUT2D eigenvalue weighted by Crippen LogP contribution is 2.10. The van der Waals surface area contributed by atoms with Crippen molar-refractivity contribution < 1.29 is 18.0 Å². The standard InChI is InChI=1S/C18H21N3O4S/c1-13-3-9-17(10-4-13)26(24,25)20-12-11-19-18(23)15-5-7-16(8-6-15)21-14(2)22/h3-10,20H,11-12H2,1-2H3,(H,19,23)(H,21,22). The Morgan fingerprint density at radius 1 is 0.923 bits per heavy atom. The molecule has 8 heteroatoms. The van der Waals surface area contributed by atoms with Crippen LogP contribution in [-0.4, -0.2) is 33.3 Å². The first kappa shape index (κ1) is 19.6. The Labute approximate surface area is 152 Å². The average molecular weight is 375 g/mol. The topological polar surface area (TPSA) is 104 Å². The van der Waals surface area contributed by atoms with Gasteiger partial charge < -0.3 is 10.6 Å². The molecule has 0 atom stereocenters. The minimum Gasteiger partial charge on any atom is -0.351 e. The molecule has 2 aromatic carbocycles. The largest absolute Gasteiger partial charge is 0.351 e. The molecule has 2 aromatic rings. The summed E-state index contributed by atoms with van der Waals surface area (Å²) in [6, 6.07) is 12.9. The second-order valence-corrected chi connectivity index (χ2v) is 7.49. The lowest BCUT2D eigenvalue weighted by atomic mass is 10.2. The van der Waals surface area contributed by atoms with Crippen molar-refractivity contribution in [3.05, 3.63) is 59.7 Å². The lowest BCUT2D eigenvalue weighted by Gasteiger charge is -2.09. The van der Waals surface area contributed by atoms with Gasteiger partial charge in [0.05, 0.1) is 4.90 Å². The number of hydrogen-bond donors (Lipinski definition) is 3. The van der Waals surface area contributed by atoms with Gasteiger partial charge in [0.25, 0.3) is 5.91 Å². The van der Waals surface area contributed by atoms with E-state index in [1.165, 1.54) is 19.1 Å². The molecule has 0 heterocycles. The first-order valence-corrected chi connectivity index (χ1v) is 9.48. The number of sulfonamides is 1. The molecule has 0 aliphatic rings. The molecule has 0 aromatic heterocycles. The van der Waals surface area contributed by atoms with Crippen LogP contribution in [-0.2, 0) is 14.8 Å². The van der Waals surface area contributed by atoms with Crippen molar-refractivity contribution in [2.45, 2.75) is 18.7 Å². The number of aryl methyl sites for hydroxylation is 1. The van der Waals surface area contributed by atoms with E-state index in [1.54, 1.807) is 36.4 Å². The number of rotatable bonds is 7. The first-order valence-electron chi connectivity index (χ1n) is 8.00. The van der Waals surface area contributed by atoms with E-state index in [0.29, 0.717) is 11.3 Å². The fourth-order valence-corrected chi connectivity index (χ4v) is 3.20. The van der Waals surface area contributed by atoms with Crippen LogP contribution >= 0.6 is 0 Å². The van der Waals surface area contributed by atoms with E-state index in [1.807, 2.05) is 6.92 Å². The Morgan fingerprint density at radius 2 is 1.54 bits per heavy atom. The number of nitrogens with one attached hydrogen (secondary N) is 3. The van der Waals surface area contributed by atoms with Gasteiger partial charge in [0.2, 0.25) is 15.9 Å². The molecule has 0 aliphatic heterocycles. The molecule has 0 spiro atoms. The van der Waals surface area contributed by atoms with Crippen LogP contribution in [0.1, 0.15) is 22.8 Å². The highest BCUT2D eigenvalue weighted by Gasteiger charge is 2.13. The minimum absolute atomic E-state index is 0.0753. The van der Waals surface area contributed by atoms with E-state index in [-0.39, 0.29) is 29.8 Å². The van der Waals surface area contributed by atoms with Gasteiger partial charge in [-0.15, -0.1) is 0 Å². The molecule has 0 bridgehead atoms. The maximum Gasteiger partial charge on any atom is 0.251 e. The summed E-state index contributed by atoms with van der Waals surface area (Å²) in [4.78, 5) is 23.2. The fraction of sp³-hybridized carbons (Fsp3) is 0.222. The van der Waals surface area contributed by atoms with Crippen molar-refractivity contribution in [2.75, 3.05) is 18.4 Å². The van der Waals surface area contributed by atoms with E-state index >= 15 is 0 Å². The molecule has 3 N–H and O–H groups in total. The predicted molar refractivity (Wildman–Crippen MR) is 99.4 cm³/mol. The van der Waals surface area contributed by atoms with Gasteiger partial charge in [-0.2, -0.15) is 0 Å². The van der Waals surface area contributed by atoms with Gasteiger partial charge >= 0.3 is 0 Å². The molecule has 138 valence electrons. The highest BCUT2D eigenvalue weighted by atomic mass is 32.2. The fourth-order valence-electron chi connectivity index (χ4n) is 2.17. The SMILES string of the molecule is CC(=O)Nc1ccc(C(=O)NCCNS(=O)(=O)c2ccc(C)cc2)cc1. The molecule has 0 fully saturated rings. The Morgan fingerprint density at radius 3 is 2.12 bits per heavy atom. The van der Waals surface area contributed by atoms with Crippen LogP contribution in [0.25, 0.3) is 0 Å². The number of carbonyl (C=O) groups excluding carboxylic acids is 2. The Kier molecular flexibility index (Phi) is 6.48. The minimum atomic E-state index is -3.60. The second kappa shape index (κ2) is 8.59. The maximum atomic E-state index is 12.1. The first-order chi connectivity index (χ1) is 12.3. The number of hydrogen-bond acceptors (Lipinski definition) is 4. The lowest BCUT2D eigenvalue weighted by Crippen LogP contribution is -2.34. The number of benzene rings is 2. The smallest absolute Gasteiger partial charge is 0.251 e. The third-order valence-electron chi connectivity index (χ3n) is 3.50. The third kappa shape index (κ3) is 5.68. The summed E-state index contributed by atoms with van der Waals surface area (Å²) in [6.45, 7) is 3.50. The van der Waals surface area contributed by atoms with Crippen LogP contribution in [0.15, 0.2) is 53.4 Å². The predicted octanol–water partition coefficient (Wildman–Crippen LogP) is 1.66. The molecule has 0 aliphatic carbocycles. The van der Waals surface area contributed by atoms with Gasteiger partial charge in [-0.1, -0.05) is 17.7 Å². The maximum absolute atomic E-state index is 12.1. The molecule has 2 amide bonds. The summed E-state index contributed by atoms with van der Waals surface area (Å²) in [5, 5.41) is 5.25. The van der Waals surface area contributed by atoms with E-state index in [0.717, 1.165) is 5.56 Å². The van der Waals surface area contributed by atoms with E-state index < -0.39 is 10.0 Å². The zero-order valence-corrected chi connectivity index (χ0v) is 15.4. The quantitative estimate of drug-likeness (QED) is 0.640. The third-order valence-corrected chi connectivity index (χ3v) is 4.98. The van der Waals surface area contributed by atoms with E-state index in [9.17, 15) is 18.0 Å². The van der Waals surface area contributed by atoms with Crippen LogP contribution in [0.3, 0.4) is 0 Å². The molecule has 7 nitrogen and oxygen atoms in total. The zero-order valence-electron chi connectivity index (χ0n) is 14.6. The average Bonchev–Trinajstić information content (AvgIpc) is 2.59. The van der Waals surface area contributed by atoms with Crippen LogP contribution in [0.5, 0.6) is 0 Å². The molecule has 2 rings (SSSR count).